The fourth-order valence-electron chi connectivity index (χ4n) is 3.87. The third-order valence-corrected chi connectivity index (χ3v) is 4.73. The normalized spacial score (nSPS) is 35.9. The molecule has 0 unspecified atom stereocenters. The van der Waals surface area contributed by atoms with Crippen LogP contribution in [0.5, 0.6) is 0 Å². The molecule has 0 amide bonds. The molecule has 1 nitrogen and oxygen atoms in total. The second kappa shape index (κ2) is 4.03. The molecule has 0 aromatic heterocycles. The van der Waals surface area contributed by atoms with Gasteiger partial charge in [0.25, 0.3) is 0 Å². The molecule has 0 bridgehead atoms. The molecule has 88 valence electrons. The summed E-state index contributed by atoms with van der Waals surface area (Å²) in [5, 5.41) is 0. The van der Waals surface area contributed by atoms with Gasteiger partial charge in [0, 0.05) is 5.92 Å². The Hall–Kier alpha value is -0.560. The topological polar surface area (TPSA) is 9.23 Å². The van der Waals surface area contributed by atoms with E-state index < -0.39 is 0 Å². The maximum atomic E-state index is 6.08. The molecule has 16 heavy (non-hydrogen) atoms. The number of fused-ring (bicyclic) bond motifs is 1. The number of ether oxygens (including phenoxy) is 1. The molecule has 2 fully saturated rings. The molecule has 1 aliphatic heterocycles. The zero-order valence-electron chi connectivity index (χ0n) is 10.3. The van der Waals surface area contributed by atoms with Gasteiger partial charge >= 0.3 is 0 Å². The monoisotopic (exact) mass is 218 g/mol. The minimum absolute atomic E-state index is 0.472. The largest absolute Gasteiger partial charge is 0.373 e. The van der Waals surface area contributed by atoms with Crippen molar-refractivity contribution in [1.29, 1.82) is 0 Å². The zero-order chi connectivity index (χ0) is 11.1. The van der Waals surface area contributed by atoms with Crippen molar-refractivity contribution in [3.8, 4) is 0 Å². The van der Waals surface area contributed by atoms with Gasteiger partial charge in [-0.25, -0.2) is 0 Å². The molecule has 2 aliphatic carbocycles. The molecule has 1 saturated heterocycles. The highest BCUT2D eigenvalue weighted by atomic mass is 16.5. The Balaban J connectivity index is 1.80. The molecule has 0 radical (unpaired) electrons. The van der Waals surface area contributed by atoms with Crippen LogP contribution >= 0.6 is 0 Å². The second-order valence-electron chi connectivity index (χ2n) is 5.79. The van der Waals surface area contributed by atoms with E-state index in [-0.39, 0.29) is 0 Å². The van der Waals surface area contributed by atoms with Gasteiger partial charge in [0.1, 0.15) is 0 Å². The van der Waals surface area contributed by atoms with Crippen molar-refractivity contribution in [3.63, 3.8) is 0 Å². The van der Waals surface area contributed by atoms with Crippen LogP contribution in [0.15, 0.2) is 23.3 Å². The number of rotatable bonds is 1. The lowest BCUT2D eigenvalue weighted by atomic mass is 9.78. The molecular weight excluding hydrogens is 196 g/mol. The van der Waals surface area contributed by atoms with Crippen molar-refractivity contribution in [1.82, 2.24) is 0 Å². The number of hydrogen-bond donors (Lipinski definition) is 0. The predicted molar refractivity (Wildman–Crippen MR) is 66.3 cm³/mol. The van der Waals surface area contributed by atoms with Gasteiger partial charge in [-0.15, -0.1) is 0 Å². The minimum atomic E-state index is 0.472. The quantitative estimate of drug-likeness (QED) is 0.607. The molecule has 1 heterocycles. The maximum Gasteiger partial charge on any atom is 0.0711 e. The summed E-state index contributed by atoms with van der Waals surface area (Å²) in [5.74, 6) is 1.39. The third kappa shape index (κ3) is 1.57. The van der Waals surface area contributed by atoms with Crippen LogP contribution in [0.2, 0.25) is 0 Å². The van der Waals surface area contributed by atoms with Crippen LogP contribution in [0.25, 0.3) is 0 Å². The lowest BCUT2D eigenvalue weighted by Crippen LogP contribution is -2.28. The number of hydrogen-bond acceptors (Lipinski definition) is 1. The van der Waals surface area contributed by atoms with Crippen molar-refractivity contribution < 1.29 is 4.74 Å². The molecule has 1 heteroatoms. The molecule has 1 saturated carbocycles. The van der Waals surface area contributed by atoms with Crippen LogP contribution < -0.4 is 0 Å². The van der Waals surface area contributed by atoms with Crippen LogP contribution in [0.3, 0.4) is 0 Å². The van der Waals surface area contributed by atoms with E-state index in [2.05, 4.69) is 13.5 Å². The predicted octanol–water partition coefficient (Wildman–Crippen LogP) is 3.86. The van der Waals surface area contributed by atoms with Crippen LogP contribution in [-0.2, 0) is 4.74 Å². The van der Waals surface area contributed by atoms with Crippen LogP contribution in [-0.4, -0.2) is 12.7 Å². The minimum Gasteiger partial charge on any atom is -0.373 e. The van der Waals surface area contributed by atoms with Crippen molar-refractivity contribution in [2.75, 3.05) is 6.61 Å². The first-order valence-electron chi connectivity index (χ1n) is 6.75. The van der Waals surface area contributed by atoms with E-state index in [1.54, 1.807) is 5.57 Å². The van der Waals surface area contributed by atoms with Gasteiger partial charge in [-0.2, -0.15) is 0 Å². The molecule has 0 aromatic rings. The van der Waals surface area contributed by atoms with Crippen molar-refractivity contribution in [2.24, 2.45) is 11.8 Å². The fraction of sp³-hybridized carbons (Fsp3) is 0.733. The highest BCUT2D eigenvalue weighted by Crippen LogP contribution is 2.47. The first-order chi connectivity index (χ1) is 7.77. The second-order valence-corrected chi connectivity index (χ2v) is 5.79. The Morgan fingerprint density at radius 2 is 1.94 bits per heavy atom. The standard InChI is InChI=1S/C15H22O/c1-10-8-11(2)14-13(10)9-16-15(14)12-6-4-3-5-7-12/h12,14-15H,2-9H2,1H3/t14-,15+/m0/s1. The van der Waals surface area contributed by atoms with Gasteiger partial charge in [-0.3, -0.25) is 0 Å². The van der Waals surface area contributed by atoms with Gasteiger partial charge < -0.3 is 4.74 Å². The Morgan fingerprint density at radius 1 is 1.19 bits per heavy atom. The summed E-state index contributed by atoms with van der Waals surface area (Å²) in [4.78, 5) is 0. The Kier molecular flexibility index (Phi) is 2.67. The van der Waals surface area contributed by atoms with Crippen molar-refractivity contribution >= 4 is 0 Å². The SMILES string of the molecule is C=C1CC(C)=C2CO[C@H](C3CCCCC3)[C@@H]12. The molecule has 3 rings (SSSR count). The lowest BCUT2D eigenvalue weighted by molar-refractivity contribution is 0.0329. The highest BCUT2D eigenvalue weighted by Gasteiger charge is 2.43. The Labute approximate surface area is 98.6 Å². The molecule has 0 aromatic carbocycles. The smallest absolute Gasteiger partial charge is 0.0711 e. The first-order valence-corrected chi connectivity index (χ1v) is 6.75. The van der Waals surface area contributed by atoms with E-state index in [1.165, 1.54) is 43.3 Å². The van der Waals surface area contributed by atoms with Gasteiger partial charge in [0.05, 0.1) is 12.7 Å². The van der Waals surface area contributed by atoms with E-state index in [0.29, 0.717) is 12.0 Å². The molecule has 2 atom stereocenters. The van der Waals surface area contributed by atoms with Crippen LogP contribution in [0.4, 0.5) is 0 Å². The highest BCUT2D eigenvalue weighted by molar-refractivity contribution is 5.39. The fourth-order valence-corrected chi connectivity index (χ4v) is 3.87. The van der Waals surface area contributed by atoms with Gasteiger partial charge in [-0.1, -0.05) is 37.0 Å². The summed E-state index contributed by atoms with van der Waals surface area (Å²) in [6.07, 6.45) is 8.59. The zero-order valence-corrected chi connectivity index (χ0v) is 10.3. The third-order valence-electron chi connectivity index (χ3n) is 4.73. The summed E-state index contributed by atoms with van der Waals surface area (Å²) < 4.78 is 6.08. The van der Waals surface area contributed by atoms with E-state index in [1.807, 2.05) is 0 Å². The van der Waals surface area contributed by atoms with Gasteiger partial charge in [0.15, 0.2) is 0 Å². The van der Waals surface area contributed by atoms with E-state index in [4.69, 9.17) is 4.74 Å². The van der Waals surface area contributed by atoms with E-state index in [9.17, 15) is 0 Å². The average Bonchev–Trinajstić information content (AvgIpc) is 2.84. The molecule has 0 N–H and O–H groups in total. The molecule has 3 aliphatic rings. The first kappa shape index (κ1) is 10.6. The summed E-state index contributed by atoms with van der Waals surface area (Å²) in [7, 11) is 0. The van der Waals surface area contributed by atoms with Crippen molar-refractivity contribution in [3.05, 3.63) is 23.3 Å². The van der Waals surface area contributed by atoms with E-state index >= 15 is 0 Å². The molecule has 0 spiro atoms. The summed E-state index contributed by atoms with van der Waals surface area (Å²) in [6.45, 7) is 7.41. The lowest BCUT2D eigenvalue weighted by Gasteiger charge is -2.30. The maximum absolute atomic E-state index is 6.08. The number of allylic oxidation sites excluding steroid dienone is 1. The summed E-state index contributed by atoms with van der Waals surface area (Å²) >= 11 is 0. The van der Waals surface area contributed by atoms with Crippen LogP contribution in [0.1, 0.15) is 45.4 Å². The summed E-state index contributed by atoms with van der Waals surface area (Å²) in [5.41, 5.74) is 4.52. The average molecular weight is 218 g/mol. The summed E-state index contributed by atoms with van der Waals surface area (Å²) in [6, 6.07) is 0. The van der Waals surface area contributed by atoms with Crippen LogP contribution in [0, 0.1) is 11.8 Å². The Bertz CT molecular complexity index is 333. The Morgan fingerprint density at radius 3 is 2.69 bits per heavy atom. The van der Waals surface area contributed by atoms with Gasteiger partial charge in [0.2, 0.25) is 0 Å². The van der Waals surface area contributed by atoms with Crippen molar-refractivity contribution in [2.45, 2.75) is 51.6 Å². The van der Waals surface area contributed by atoms with E-state index in [0.717, 1.165) is 18.9 Å². The molecular formula is C15H22O. The van der Waals surface area contributed by atoms with Gasteiger partial charge in [-0.05, 0) is 37.7 Å².